The summed E-state index contributed by atoms with van der Waals surface area (Å²) in [5.74, 6) is -2.28. The number of benzene rings is 2. The summed E-state index contributed by atoms with van der Waals surface area (Å²) in [4.78, 5) is 41.1. The van der Waals surface area contributed by atoms with Crippen LogP contribution in [0.5, 0.6) is 0 Å². The van der Waals surface area contributed by atoms with Crippen LogP contribution in [0.15, 0.2) is 71.1 Å². The Morgan fingerprint density at radius 3 is 2.21 bits per heavy atom. The van der Waals surface area contributed by atoms with Crippen LogP contribution >= 0.6 is 11.6 Å². The number of allylic oxidation sites excluding steroid dienone is 2. The molecule has 1 atom stereocenters. The molecule has 0 amide bonds. The largest absolute Gasteiger partial charge is 0.466 e. The van der Waals surface area contributed by atoms with Crippen LogP contribution in [-0.4, -0.2) is 56.0 Å². The van der Waals surface area contributed by atoms with E-state index in [4.69, 9.17) is 21.1 Å². The number of hydrogen-bond acceptors (Lipinski definition) is 7. The van der Waals surface area contributed by atoms with Crippen molar-refractivity contribution >= 4 is 29.3 Å². The number of halogens is 2. The maximum absolute atomic E-state index is 13.4. The Bertz CT molecular complexity index is 1310. The van der Waals surface area contributed by atoms with Gasteiger partial charge in [-0.3, -0.25) is 9.69 Å². The zero-order valence-corrected chi connectivity index (χ0v) is 23.0. The summed E-state index contributed by atoms with van der Waals surface area (Å²) < 4.78 is 23.9. The number of carbonyl (C=O) groups excluding carboxylic acids is 3. The lowest BCUT2D eigenvalue weighted by atomic mass is 9.80. The predicted octanol–water partition coefficient (Wildman–Crippen LogP) is 5.03. The quantitative estimate of drug-likeness (QED) is 0.362. The molecular weight excluding hydrogens is 523 g/mol. The first-order valence-corrected chi connectivity index (χ1v) is 13.3. The topological polar surface area (TPSA) is 84.9 Å². The van der Waals surface area contributed by atoms with Crippen LogP contribution in [0, 0.1) is 11.7 Å². The number of methoxy groups -OCH3 is 1. The smallest absolute Gasteiger partial charge is 0.336 e. The maximum atomic E-state index is 13.4. The van der Waals surface area contributed by atoms with Crippen molar-refractivity contribution in [1.29, 1.82) is 0 Å². The Labute approximate surface area is 232 Å². The molecule has 9 heteroatoms. The summed E-state index contributed by atoms with van der Waals surface area (Å²) in [6.45, 7) is 5.56. The minimum Gasteiger partial charge on any atom is -0.466 e. The van der Waals surface area contributed by atoms with Crippen molar-refractivity contribution in [2.75, 3.05) is 33.4 Å². The number of nitrogens with zero attached hydrogens (tertiary/aromatic N) is 1. The van der Waals surface area contributed by atoms with Gasteiger partial charge in [-0.05, 0) is 75.7 Å². The van der Waals surface area contributed by atoms with Gasteiger partial charge >= 0.3 is 11.9 Å². The van der Waals surface area contributed by atoms with Gasteiger partial charge in [-0.15, -0.1) is 0 Å². The standard InChI is InChI=1S/C30H32ClFN2O5/c1-18-25(29(36)38-3)27(23-6-4-5-7-24(23)31)26(19(2)33-18)30(37)39-17-16-34-14-12-21(13-15-34)28(35)20-8-10-22(32)11-9-20/h4-11,21,27,33H,12-17H2,1-3H3. The van der Waals surface area contributed by atoms with Crippen LogP contribution in [0.4, 0.5) is 4.39 Å². The summed E-state index contributed by atoms with van der Waals surface area (Å²) in [7, 11) is 1.30. The third-order valence-corrected chi connectivity index (χ3v) is 7.67. The normalized spacial score (nSPS) is 18.5. The fourth-order valence-electron chi connectivity index (χ4n) is 5.28. The van der Waals surface area contributed by atoms with E-state index in [-0.39, 0.29) is 24.1 Å². The van der Waals surface area contributed by atoms with Crippen molar-refractivity contribution in [3.63, 3.8) is 0 Å². The Morgan fingerprint density at radius 1 is 0.974 bits per heavy atom. The van der Waals surface area contributed by atoms with Gasteiger partial charge in [0.05, 0.1) is 24.2 Å². The zero-order chi connectivity index (χ0) is 28.1. The molecule has 1 fully saturated rings. The Kier molecular flexibility index (Phi) is 9.20. The predicted molar refractivity (Wildman–Crippen MR) is 146 cm³/mol. The van der Waals surface area contributed by atoms with Gasteiger partial charge in [0.25, 0.3) is 0 Å². The van der Waals surface area contributed by atoms with Gasteiger partial charge in [-0.2, -0.15) is 0 Å². The van der Waals surface area contributed by atoms with Gasteiger partial charge in [0, 0.05) is 34.4 Å². The van der Waals surface area contributed by atoms with E-state index in [0.717, 1.165) is 0 Å². The first-order chi connectivity index (χ1) is 18.7. The molecule has 2 heterocycles. The van der Waals surface area contributed by atoms with Crippen molar-refractivity contribution in [3.05, 3.63) is 93.0 Å². The number of ketones is 1. The average Bonchev–Trinajstić information content (AvgIpc) is 2.93. The van der Waals surface area contributed by atoms with Crippen LogP contribution < -0.4 is 5.32 Å². The van der Waals surface area contributed by atoms with Gasteiger partial charge in [0.15, 0.2) is 5.78 Å². The van der Waals surface area contributed by atoms with Gasteiger partial charge in [-0.1, -0.05) is 29.8 Å². The molecule has 0 bridgehead atoms. The van der Waals surface area contributed by atoms with Crippen molar-refractivity contribution in [3.8, 4) is 0 Å². The van der Waals surface area contributed by atoms with Crippen LogP contribution in [0.1, 0.15) is 48.5 Å². The molecule has 0 spiro atoms. The number of Topliss-reactive ketones (excluding diaryl/α,β-unsaturated/α-hetero) is 1. The van der Waals surface area contributed by atoms with E-state index < -0.39 is 17.9 Å². The van der Waals surface area contributed by atoms with Crippen LogP contribution in [0.3, 0.4) is 0 Å². The number of likely N-dealkylation sites (tertiary alicyclic amines) is 1. The number of rotatable bonds is 8. The molecule has 206 valence electrons. The molecule has 7 nitrogen and oxygen atoms in total. The Balaban J connectivity index is 1.39. The molecule has 2 aliphatic heterocycles. The third kappa shape index (κ3) is 6.40. The first-order valence-electron chi connectivity index (χ1n) is 12.9. The summed E-state index contributed by atoms with van der Waals surface area (Å²) in [6, 6.07) is 12.7. The van der Waals surface area contributed by atoms with Crippen molar-refractivity contribution in [2.24, 2.45) is 5.92 Å². The minimum atomic E-state index is -0.742. The van der Waals surface area contributed by atoms with Crippen LogP contribution in [0.25, 0.3) is 0 Å². The lowest BCUT2D eigenvalue weighted by Gasteiger charge is -2.32. The van der Waals surface area contributed by atoms with E-state index in [1.165, 1.54) is 31.4 Å². The molecule has 0 aliphatic carbocycles. The molecule has 39 heavy (non-hydrogen) atoms. The number of nitrogens with one attached hydrogen (secondary N) is 1. The summed E-state index contributed by atoms with van der Waals surface area (Å²) in [5.41, 5.74) is 2.90. The molecule has 2 aromatic rings. The summed E-state index contributed by atoms with van der Waals surface area (Å²) in [5, 5.41) is 3.54. The molecule has 0 radical (unpaired) electrons. The van der Waals surface area contributed by atoms with Gasteiger partial charge in [0.2, 0.25) is 0 Å². The van der Waals surface area contributed by atoms with E-state index in [9.17, 15) is 18.8 Å². The van der Waals surface area contributed by atoms with E-state index in [1.54, 1.807) is 38.1 Å². The highest BCUT2D eigenvalue weighted by Gasteiger charge is 2.38. The highest BCUT2D eigenvalue weighted by Crippen LogP contribution is 2.41. The second-order valence-corrected chi connectivity index (χ2v) is 10.2. The molecule has 2 aromatic carbocycles. The number of hydrogen-bond donors (Lipinski definition) is 1. The van der Waals surface area contributed by atoms with E-state index in [1.807, 2.05) is 0 Å². The number of piperidine rings is 1. The van der Waals surface area contributed by atoms with Crippen molar-refractivity contribution in [1.82, 2.24) is 10.2 Å². The maximum Gasteiger partial charge on any atom is 0.336 e. The highest BCUT2D eigenvalue weighted by atomic mass is 35.5. The molecule has 1 saturated heterocycles. The van der Waals surface area contributed by atoms with Gasteiger partial charge in [-0.25, -0.2) is 14.0 Å². The van der Waals surface area contributed by atoms with Crippen LogP contribution in [-0.2, 0) is 19.1 Å². The number of carbonyl (C=O) groups is 3. The molecule has 1 N–H and O–H groups in total. The van der Waals surface area contributed by atoms with Crippen LogP contribution in [0.2, 0.25) is 5.02 Å². The molecular formula is C30H32ClFN2O5. The van der Waals surface area contributed by atoms with Crippen molar-refractivity contribution < 1.29 is 28.2 Å². The third-order valence-electron chi connectivity index (χ3n) is 7.33. The fourth-order valence-corrected chi connectivity index (χ4v) is 5.52. The Hall–Kier alpha value is -3.49. The first kappa shape index (κ1) is 28.5. The average molecular weight is 555 g/mol. The number of ether oxygens (including phenoxy) is 2. The minimum absolute atomic E-state index is 0.0312. The van der Waals surface area contributed by atoms with Gasteiger partial charge < -0.3 is 14.8 Å². The van der Waals surface area contributed by atoms with E-state index in [2.05, 4.69) is 10.2 Å². The molecule has 4 rings (SSSR count). The second-order valence-electron chi connectivity index (χ2n) is 9.77. The summed E-state index contributed by atoms with van der Waals surface area (Å²) >= 11 is 6.50. The monoisotopic (exact) mass is 554 g/mol. The number of dihydropyridines is 1. The van der Waals surface area contributed by atoms with Crippen molar-refractivity contribution in [2.45, 2.75) is 32.6 Å². The second kappa shape index (κ2) is 12.6. The fraction of sp³-hybridized carbons (Fsp3) is 0.367. The Morgan fingerprint density at radius 2 is 1.59 bits per heavy atom. The van der Waals surface area contributed by atoms with E-state index >= 15 is 0 Å². The lowest BCUT2D eigenvalue weighted by Crippen LogP contribution is -2.39. The lowest BCUT2D eigenvalue weighted by molar-refractivity contribution is -0.140. The van der Waals surface area contributed by atoms with E-state index in [0.29, 0.717) is 71.2 Å². The molecule has 0 aromatic heterocycles. The highest BCUT2D eigenvalue weighted by molar-refractivity contribution is 6.31. The molecule has 2 aliphatic rings. The van der Waals surface area contributed by atoms with Gasteiger partial charge in [0.1, 0.15) is 12.4 Å². The number of esters is 2. The molecule has 0 saturated carbocycles. The molecule has 1 unspecified atom stereocenters. The zero-order valence-electron chi connectivity index (χ0n) is 22.3. The SMILES string of the molecule is COC(=O)C1=C(C)NC(C)=C(C(=O)OCCN2CCC(C(=O)c3ccc(F)cc3)CC2)C1c1ccccc1Cl. The summed E-state index contributed by atoms with van der Waals surface area (Å²) in [6.07, 6.45) is 1.36.